The predicted molar refractivity (Wildman–Crippen MR) is 130 cm³/mol. The molecule has 0 atom stereocenters. The van der Waals surface area contributed by atoms with Gasteiger partial charge in [-0.15, -0.1) is 0 Å². The minimum atomic E-state index is -0.774. The Bertz CT molecular complexity index is 1240. The molecular formula is C25H26F2N6O. The lowest BCUT2D eigenvalue weighted by Crippen LogP contribution is -2.44. The zero-order valence-corrected chi connectivity index (χ0v) is 19.2. The van der Waals surface area contributed by atoms with Crippen LogP contribution < -0.4 is 20.3 Å². The van der Waals surface area contributed by atoms with Gasteiger partial charge in [0.15, 0.2) is 11.6 Å². The molecular weight excluding hydrogens is 438 g/mol. The number of anilines is 2. The summed E-state index contributed by atoms with van der Waals surface area (Å²) in [5.41, 5.74) is 3.01. The number of amidine groups is 1. The van der Waals surface area contributed by atoms with Crippen molar-refractivity contribution in [2.75, 3.05) is 42.9 Å². The molecule has 0 saturated carbocycles. The molecule has 0 unspecified atom stereocenters. The number of nitrogens with zero attached hydrogens (tertiary/aromatic N) is 4. The molecule has 2 aromatic rings. The Hall–Kier alpha value is -3.59. The van der Waals surface area contributed by atoms with Crippen molar-refractivity contribution in [3.63, 3.8) is 0 Å². The minimum Gasteiger partial charge on any atom is -0.418 e. The lowest BCUT2D eigenvalue weighted by Gasteiger charge is -2.28. The number of benzene rings is 1. The highest BCUT2D eigenvalue weighted by Gasteiger charge is 2.24. The second-order valence-electron chi connectivity index (χ2n) is 8.52. The molecule has 1 aliphatic carbocycles. The molecule has 1 fully saturated rings. The molecule has 176 valence electrons. The molecule has 1 aromatic heterocycles. The first-order chi connectivity index (χ1) is 16.5. The Morgan fingerprint density at radius 2 is 1.97 bits per heavy atom. The normalized spacial score (nSPS) is 17.5. The van der Waals surface area contributed by atoms with Crippen molar-refractivity contribution in [1.82, 2.24) is 15.3 Å². The minimum absolute atomic E-state index is 0.133. The van der Waals surface area contributed by atoms with Gasteiger partial charge >= 0.3 is 6.01 Å². The number of aromatic nitrogens is 2. The van der Waals surface area contributed by atoms with Gasteiger partial charge in [0.1, 0.15) is 17.5 Å². The summed E-state index contributed by atoms with van der Waals surface area (Å²) >= 11 is 0. The van der Waals surface area contributed by atoms with Crippen molar-refractivity contribution in [3.05, 3.63) is 64.3 Å². The van der Waals surface area contributed by atoms with Crippen molar-refractivity contribution in [3.8, 4) is 11.8 Å². The Morgan fingerprint density at radius 3 is 2.76 bits per heavy atom. The van der Waals surface area contributed by atoms with E-state index in [0.29, 0.717) is 41.6 Å². The van der Waals surface area contributed by atoms with Crippen molar-refractivity contribution < 1.29 is 13.5 Å². The Balaban J connectivity index is 1.48. The summed E-state index contributed by atoms with van der Waals surface area (Å²) in [6.07, 6.45) is 8.13. The molecule has 3 aliphatic rings. The van der Waals surface area contributed by atoms with Gasteiger partial charge in [-0.1, -0.05) is 23.8 Å². The Morgan fingerprint density at radius 1 is 1.15 bits per heavy atom. The highest BCUT2D eigenvalue weighted by Crippen LogP contribution is 2.36. The van der Waals surface area contributed by atoms with E-state index in [1.807, 2.05) is 32.1 Å². The van der Waals surface area contributed by atoms with Crippen molar-refractivity contribution >= 4 is 23.5 Å². The molecule has 34 heavy (non-hydrogen) atoms. The zero-order valence-electron chi connectivity index (χ0n) is 19.2. The molecule has 0 radical (unpaired) electrons. The van der Waals surface area contributed by atoms with Crippen LogP contribution in [-0.2, 0) is 6.42 Å². The summed E-state index contributed by atoms with van der Waals surface area (Å²) in [7, 11) is 0. The van der Waals surface area contributed by atoms with E-state index in [0.717, 1.165) is 37.3 Å². The van der Waals surface area contributed by atoms with Crippen LogP contribution in [0.3, 0.4) is 0 Å². The van der Waals surface area contributed by atoms with E-state index in [1.54, 1.807) is 12.1 Å². The number of piperazine rings is 1. The third kappa shape index (κ3) is 4.56. The maximum absolute atomic E-state index is 15.2. The first kappa shape index (κ1) is 22.2. The van der Waals surface area contributed by atoms with Crippen LogP contribution in [0.4, 0.5) is 20.4 Å². The van der Waals surface area contributed by atoms with E-state index < -0.39 is 17.4 Å². The van der Waals surface area contributed by atoms with Crippen molar-refractivity contribution in [2.24, 2.45) is 4.99 Å². The number of fused-ring (bicyclic) bond motifs is 1. The highest BCUT2D eigenvalue weighted by molar-refractivity contribution is 6.05. The largest absolute Gasteiger partial charge is 0.418 e. The number of hydrogen-bond donors (Lipinski definition) is 2. The second kappa shape index (κ2) is 9.34. The van der Waals surface area contributed by atoms with Gasteiger partial charge in [0, 0.05) is 37.8 Å². The summed E-state index contributed by atoms with van der Waals surface area (Å²) in [5.74, 6) is -0.308. The summed E-state index contributed by atoms with van der Waals surface area (Å²) in [6.45, 7) is 7.52. The summed E-state index contributed by atoms with van der Waals surface area (Å²) in [4.78, 5) is 15.4. The Kier molecular flexibility index (Phi) is 6.10. The standard InChI is InChI=1S/C25H26F2N6O/c1-3-4-16-11-20(29-14-16)30-21-13-22(33-7-5-28-6-8-33)32-25(31-21)34-24-19(26)12-17-9-15(2)10-18(17)23(24)27/h3-4,10-13,28H,5-9,14H2,1-2H3,(H,29,30,31,32)/b4-3-. The van der Waals surface area contributed by atoms with Crippen molar-refractivity contribution in [2.45, 2.75) is 20.3 Å². The first-order valence-corrected chi connectivity index (χ1v) is 11.4. The summed E-state index contributed by atoms with van der Waals surface area (Å²) in [6, 6.07) is 2.98. The van der Waals surface area contributed by atoms with Crippen LogP contribution >= 0.6 is 0 Å². The van der Waals surface area contributed by atoms with E-state index in [-0.39, 0.29) is 6.01 Å². The second-order valence-corrected chi connectivity index (χ2v) is 8.52. The van der Waals surface area contributed by atoms with Crippen LogP contribution in [0.5, 0.6) is 11.8 Å². The molecule has 9 heteroatoms. The van der Waals surface area contributed by atoms with Gasteiger partial charge in [-0.2, -0.15) is 9.97 Å². The number of aliphatic imine (C=N–C) groups is 1. The number of halogens is 2. The molecule has 7 nitrogen and oxygen atoms in total. The monoisotopic (exact) mass is 464 g/mol. The fourth-order valence-corrected chi connectivity index (χ4v) is 4.29. The van der Waals surface area contributed by atoms with E-state index in [9.17, 15) is 4.39 Å². The molecule has 0 amide bonds. The highest BCUT2D eigenvalue weighted by atomic mass is 19.1. The van der Waals surface area contributed by atoms with E-state index in [4.69, 9.17) is 4.74 Å². The predicted octanol–water partition coefficient (Wildman–Crippen LogP) is 4.24. The fourth-order valence-electron chi connectivity index (χ4n) is 4.29. The molecule has 3 heterocycles. The van der Waals surface area contributed by atoms with Crippen molar-refractivity contribution in [1.29, 1.82) is 0 Å². The molecule has 0 bridgehead atoms. The molecule has 5 rings (SSSR count). The van der Waals surface area contributed by atoms with E-state index >= 15 is 4.39 Å². The van der Waals surface area contributed by atoms with Gasteiger partial charge in [0.2, 0.25) is 5.75 Å². The van der Waals surface area contributed by atoms with Gasteiger partial charge < -0.3 is 20.3 Å². The van der Waals surface area contributed by atoms with Crippen LogP contribution in [0.1, 0.15) is 25.0 Å². The maximum Gasteiger partial charge on any atom is 0.326 e. The van der Waals surface area contributed by atoms with Gasteiger partial charge in [-0.05, 0) is 43.5 Å². The fraction of sp³-hybridized carbons (Fsp3) is 0.320. The quantitative estimate of drug-likeness (QED) is 0.690. The van der Waals surface area contributed by atoms with Crippen LogP contribution in [0.2, 0.25) is 0 Å². The van der Waals surface area contributed by atoms with Crippen LogP contribution in [0.15, 0.2) is 46.5 Å². The lowest BCUT2D eigenvalue weighted by atomic mass is 10.1. The number of ether oxygens (including phenoxy) is 1. The first-order valence-electron chi connectivity index (χ1n) is 11.4. The lowest BCUT2D eigenvalue weighted by molar-refractivity contribution is 0.381. The maximum atomic E-state index is 15.2. The van der Waals surface area contributed by atoms with Crippen LogP contribution in [0.25, 0.3) is 6.08 Å². The number of nitrogens with one attached hydrogen (secondary N) is 2. The Labute approximate surface area is 197 Å². The molecule has 0 spiro atoms. The number of allylic oxidation sites excluding steroid dienone is 2. The van der Waals surface area contributed by atoms with Crippen LogP contribution in [-0.4, -0.2) is 48.5 Å². The molecule has 2 aliphatic heterocycles. The summed E-state index contributed by atoms with van der Waals surface area (Å²) in [5, 5.41) is 6.48. The van der Waals surface area contributed by atoms with E-state index in [1.165, 1.54) is 6.07 Å². The average molecular weight is 465 g/mol. The zero-order chi connectivity index (χ0) is 23.7. The number of rotatable bonds is 5. The SMILES string of the molecule is C/C=C\C1=CC(Nc2cc(N3CCNCC3)nc(Oc3c(F)cc4c(c3F)C=C(C)C4)n2)=NC1. The van der Waals surface area contributed by atoms with Gasteiger partial charge in [0.25, 0.3) is 0 Å². The topological polar surface area (TPSA) is 74.7 Å². The third-order valence-corrected chi connectivity index (χ3v) is 5.88. The van der Waals surface area contributed by atoms with Gasteiger partial charge in [-0.25, -0.2) is 8.78 Å². The van der Waals surface area contributed by atoms with E-state index in [2.05, 4.69) is 30.5 Å². The van der Waals surface area contributed by atoms with Gasteiger partial charge in [-0.3, -0.25) is 4.99 Å². The molecule has 2 N–H and O–H groups in total. The number of hydrogen-bond acceptors (Lipinski definition) is 7. The summed E-state index contributed by atoms with van der Waals surface area (Å²) < 4.78 is 35.6. The van der Waals surface area contributed by atoms with Gasteiger partial charge in [0.05, 0.1) is 6.54 Å². The average Bonchev–Trinajstić information content (AvgIpc) is 3.43. The molecule has 1 saturated heterocycles. The molecule has 1 aromatic carbocycles. The smallest absolute Gasteiger partial charge is 0.326 e. The third-order valence-electron chi connectivity index (χ3n) is 5.88. The van der Waals surface area contributed by atoms with Crippen LogP contribution in [0, 0.1) is 11.6 Å².